The van der Waals surface area contributed by atoms with Crippen molar-refractivity contribution in [1.29, 1.82) is 0 Å². The van der Waals surface area contributed by atoms with E-state index in [9.17, 15) is 0 Å². The molecule has 0 aliphatic carbocycles. The molecule has 0 atom stereocenters. The van der Waals surface area contributed by atoms with Crippen molar-refractivity contribution < 1.29 is 14.6 Å². The van der Waals surface area contributed by atoms with Crippen LogP contribution in [-0.4, -0.2) is 24.9 Å². The molecule has 0 radical (unpaired) electrons. The van der Waals surface area contributed by atoms with Gasteiger partial charge in [0.2, 0.25) is 0 Å². The third-order valence-electron chi connectivity index (χ3n) is 3.37. The Balaban J connectivity index is 0.00000338. The first-order chi connectivity index (χ1) is 12.0. The van der Waals surface area contributed by atoms with Crippen LogP contribution in [0.3, 0.4) is 0 Å². The number of rotatable bonds is 9. The van der Waals surface area contributed by atoms with Crippen LogP contribution in [0.2, 0.25) is 15.1 Å². The smallest absolute Gasteiger partial charge is 0.180 e. The lowest BCUT2D eigenvalue weighted by atomic mass is 10.2. The van der Waals surface area contributed by atoms with Gasteiger partial charge in [0.15, 0.2) is 11.5 Å². The first-order valence-corrected chi connectivity index (χ1v) is 9.02. The second-order valence-corrected chi connectivity index (χ2v) is 6.51. The number of nitrogens with one attached hydrogen (secondary N) is 1. The van der Waals surface area contributed by atoms with Crippen LogP contribution >= 0.6 is 47.2 Å². The summed E-state index contributed by atoms with van der Waals surface area (Å²) in [6.45, 7) is 3.79. The van der Waals surface area contributed by atoms with E-state index in [1.54, 1.807) is 12.1 Å². The molecule has 0 aliphatic rings. The summed E-state index contributed by atoms with van der Waals surface area (Å²) in [6.07, 6.45) is 0. The number of hydrogen-bond donors (Lipinski definition) is 2. The SMILES string of the molecule is CCOc1cc(CNCCO)cc(Cl)c1OCc1ccc(Cl)cc1Cl.Cl. The van der Waals surface area contributed by atoms with E-state index < -0.39 is 0 Å². The molecule has 144 valence electrons. The van der Waals surface area contributed by atoms with Gasteiger partial charge in [-0.2, -0.15) is 0 Å². The predicted octanol–water partition coefficient (Wildman–Crippen LogP) is 5.13. The molecule has 0 saturated heterocycles. The maximum absolute atomic E-state index is 8.85. The molecule has 0 unspecified atom stereocenters. The van der Waals surface area contributed by atoms with Gasteiger partial charge in [0, 0.05) is 28.7 Å². The average Bonchev–Trinajstić information content (AvgIpc) is 2.56. The highest BCUT2D eigenvalue weighted by Gasteiger charge is 2.14. The van der Waals surface area contributed by atoms with Crippen LogP contribution in [0.4, 0.5) is 0 Å². The first-order valence-electron chi connectivity index (χ1n) is 7.88. The van der Waals surface area contributed by atoms with Gasteiger partial charge in [0.05, 0.1) is 18.2 Å². The average molecular weight is 441 g/mol. The summed E-state index contributed by atoms with van der Waals surface area (Å²) in [5.74, 6) is 1.04. The van der Waals surface area contributed by atoms with E-state index in [1.807, 2.05) is 25.1 Å². The molecule has 0 heterocycles. The third kappa shape index (κ3) is 6.69. The van der Waals surface area contributed by atoms with Gasteiger partial charge in [-0.05, 0) is 36.8 Å². The number of aliphatic hydroxyl groups is 1. The first kappa shape index (κ1) is 23.2. The number of halogens is 4. The van der Waals surface area contributed by atoms with Crippen LogP contribution in [0.1, 0.15) is 18.1 Å². The summed E-state index contributed by atoms with van der Waals surface area (Å²) < 4.78 is 11.5. The van der Waals surface area contributed by atoms with Crippen LogP contribution in [0.15, 0.2) is 30.3 Å². The van der Waals surface area contributed by atoms with Crippen molar-refractivity contribution in [1.82, 2.24) is 5.32 Å². The molecule has 2 aromatic carbocycles. The molecule has 0 fully saturated rings. The summed E-state index contributed by atoms with van der Waals surface area (Å²) in [4.78, 5) is 0. The Morgan fingerprint density at radius 2 is 1.81 bits per heavy atom. The molecular weight excluding hydrogens is 420 g/mol. The monoisotopic (exact) mass is 439 g/mol. The van der Waals surface area contributed by atoms with E-state index in [1.165, 1.54) is 0 Å². The molecule has 0 aromatic heterocycles. The fraction of sp³-hybridized carbons (Fsp3) is 0.333. The molecule has 0 saturated carbocycles. The number of aliphatic hydroxyl groups excluding tert-OH is 1. The second kappa shape index (κ2) is 11.8. The van der Waals surface area contributed by atoms with Gasteiger partial charge in [0.25, 0.3) is 0 Å². The van der Waals surface area contributed by atoms with E-state index in [2.05, 4.69) is 5.32 Å². The van der Waals surface area contributed by atoms with Gasteiger partial charge in [0.1, 0.15) is 6.61 Å². The van der Waals surface area contributed by atoms with Crippen molar-refractivity contribution in [2.45, 2.75) is 20.1 Å². The fourth-order valence-electron chi connectivity index (χ4n) is 2.23. The highest BCUT2D eigenvalue weighted by molar-refractivity contribution is 6.35. The van der Waals surface area contributed by atoms with Crippen molar-refractivity contribution in [2.75, 3.05) is 19.8 Å². The summed E-state index contributed by atoms with van der Waals surface area (Å²) in [5, 5.41) is 13.5. The third-order valence-corrected chi connectivity index (χ3v) is 4.24. The van der Waals surface area contributed by atoms with Gasteiger partial charge in [-0.1, -0.05) is 40.9 Å². The zero-order valence-corrected chi connectivity index (χ0v) is 17.3. The molecule has 26 heavy (non-hydrogen) atoms. The maximum atomic E-state index is 8.85. The Hall–Kier alpha value is -0.880. The Morgan fingerprint density at radius 3 is 2.46 bits per heavy atom. The van der Waals surface area contributed by atoms with E-state index in [4.69, 9.17) is 49.4 Å². The van der Waals surface area contributed by atoms with Crippen LogP contribution in [-0.2, 0) is 13.2 Å². The van der Waals surface area contributed by atoms with Crippen molar-refractivity contribution in [3.05, 3.63) is 56.5 Å². The lowest BCUT2D eigenvalue weighted by Gasteiger charge is -2.16. The topological polar surface area (TPSA) is 50.7 Å². The molecule has 8 heteroatoms. The largest absolute Gasteiger partial charge is 0.490 e. The minimum atomic E-state index is 0. The Bertz CT molecular complexity index is 713. The van der Waals surface area contributed by atoms with Crippen molar-refractivity contribution in [2.24, 2.45) is 0 Å². The van der Waals surface area contributed by atoms with Gasteiger partial charge in [-0.3, -0.25) is 0 Å². The predicted molar refractivity (Wildman–Crippen MR) is 109 cm³/mol. The van der Waals surface area contributed by atoms with Gasteiger partial charge < -0.3 is 19.9 Å². The Kier molecular flexibility index (Phi) is 10.5. The van der Waals surface area contributed by atoms with E-state index >= 15 is 0 Å². The molecule has 0 spiro atoms. The van der Waals surface area contributed by atoms with Crippen LogP contribution in [0.5, 0.6) is 11.5 Å². The van der Waals surface area contributed by atoms with E-state index in [0.29, 0.717) is 46.3 Å². The van der Waals surface area contributed by atoms with Gasteiger partial charge in [-0.15, -0.1) is 12.4 Å². The fourth-order valence-corrected chi connectivity index (χ4v) is 2.98. The Labute approximate surface area is 174 Å². The summed E-state index contributed by atoms with van der Waals surface area (Å²) in [7, 11) is 0. The highest BCUT2D eigenvalue weighted by Crippen LogP contribution is 2.37. The molecule has 0 bridgehead atoms. The minimum Gasteiger partial charge on any atom is -0.490 e. The summed E-state index contributed by atoms with van der Waals surface area (Å²) >= 11 is 18.5. The highest BCUT2D eigenvalue weighted by atomic mass is 35.5. The van der Waals surface area contributed by atoms with Crippen molar-refractivity contribution in [3.8, 4) is 11.5 Å². The molecule has 4 nitrogen and oxygen atoms in total. The molecule has 2 rings (SSSR count). The Morgan fingerprint density at radius 1 is 1.04 bits per heavy atom. The lowest BCUT2D eigenvalue weighted by molar-refractivity contribution is 0.269. The van der Waals surface area contributed by atoms with E-state index in [0.717, 1.165) is 11.1 Å². The molecule has 0 amide bonds. The summed E-state index contributed by atoms with van der Waals surface area (Å²) in [6, 6.07) is 8.92. The van der Waals surface area contributed by atoms with Crippen LogP contribution < -0.4 is 14.8 Å². The minimum absolute atomic E-state index is 0. The molecule has 2 N–H and O–H groups in total. The van der Waals surface area contributed by atoms with E-state index in [-0.39, 0.29) is 25.6 Å². The number of ether oxygens (including phenoxy) is 2. The summed E-state index contributed by atoms with van der Waals surface area (Å²) in [5.41, 5.74) is 1.75. The van der Waals surface area contributed by atoms with Crippen LogP contribution in [0, 0.1) is 0 Å². The molecule has 2 aromatic rings. The van der Waals surface area contributed by atoms with Crippen molar-refractivity contribution in [3.63, 3.8) is 0 Å². The quantitative estimate of drug-likeness (QED) is 0.530. The van der Waals surface area contributed by atoms with Crippen LogP contribution in [0.25, 0.3) is 0 Å². The molecular formula is C18H21Cl4NO3. The van der Waals surface area contributed by atoms with Gasteiger partial charge in [-0.25, -0.2) is 0 Å². The van der Waals surface area contributed by atoms with Crippen molar-refractivity contribution >= 4 is 47.2 Å². The number of hydrogen-bond acceptors (Lipinski definition) is 4. The normalized spacial score (nSPS) is 10.3. The number of benzene rings is 2. The maximum Gasteiger partial charge on any atom is 0.180 e. The second-order valence-electron chi connectivity index (χ2n) is 5.26. The zero-order chi connectivity index (χ0) is 18.2. The standard InChI is InChI=1S/C18H20Cl3NO3.ClH/c1-2-24-17-8-12(10-22-5-6-23)7-16(21)18(17)25-11-13-3-4-14(19)9-15(13)20;/h3-4,7-9,22-23H,2,5-6,10-11H2,1H3;1H. The zero-order valence-electron chi connectivity index (χ0n) is 14.2. The lowest BCUT2D eigenvalue weighted by Crippen LogP contribution is -2.17. The van der Waals surface area contributed by atoms with Gasteiger partial charge >= 0.3 is 0 Å². The molecule has 0 aliphatic heterocycles.